The monoisotopic (exact) mass is 328 g/mol. The molecule has 1 rings (SSSR count). The van der Waals surface area contributed by atoms with Gasteiger partial charge in [-0.05, 0) is 25.0 Å². The Bertz CT molecular complexity index is 539. The summed E-state index contributed by atoms with van der Waals surface area (Å²) in [6, 6.07) is 7.88. The van der Waals surface area contributed by atoms with Crippen LogP contribution in [0.5, 0.6) is 0 Å². The average Bonchev–Trinajstić information content (AvgIpc) is 2.53. The Morgan fingerprint density at radius 2 is 1.82 bits per heavy atom. The van der Waals surface area contributed by atoms with Gasteiger partial charge < -0.3 is 4.74 Å². The second-order valence-corrected chi connectivity index (χ2v) is 6.62. The summed E-state index contributed by atoms with van der Waals surface area (Å²) in [5, 5.41) is 0. The van der Waals surface area contributed by atoms with Crippen LogP contribution in [0.4, 0.5) is 0 Å². The molecule has 0 saturated heterocycles. The molecule has 5 nitrogen and oxygen atoms in total. The van der Waals surface area contributed by atoms with Crippen LogP contribution in [-0.4, -0.2) is 27.6 Å². The molecule has 0 spiro atoms. The van der Waals surface area contributed by atoms with E-state index in [2.05, 4.69) is 6.92 Å². The molecule has 22 heavy (non-hydrogen) atoms. The van der Waals surface area contributed by atoms with Crippen molar-refractivity contribution in [2.24, 2.45) is 5.92 Å². The maximum atomic E-state index is 11.8. The van der Waals surface area contributed by atoms with E-state index in [0.29, 0.717) is 0 Å². The SMILES string of the molecule is CCCCC(CC)C(=O)OCCOS(=O)(=O)c1ccccc1. The molecule has 0 fully saturated rings. The van der Waals surface area contributed by atoms with E-state index in [4.69, 9.17) is 8.92 Å². The summed E-state index contributed by atoms with van der Waals surface area (Å²) in [5.74, 6) is -0.401. The Morgan fingerprint density at radius 3 is 2.41 bits per heavy atom. The fraction of sp³-hybridized carbons (Fsp3) is 0.562. The summed E-state index contributed by atoms with van der Waals surface area (Å²) in [6.07, 6.45) is 3.53. The van der Waals surface area contributed by atoms with Crippen LogP contribution in [0.3, 0.4) is 0 Å². The van der Waals surface area contributed by atoms with E-state index in [1.54, 1.807) is 18.2 Å². The van der Waals surface area contributed by atoms with Crippen molar-refractivity contribution in [1.82, 2.24) is 0 Å². The highest BCUT2D eigenvalue weighted by Crippen LogP contribution is 2.15. The van der Waals surface area contributed by atoms with Crippen molar-refractivity contribution in [3.05, 3.63) is 30.3 Å². The molecule has 0 bridgehead atoms. The van der Waals surface area contributed by atoms with Gasteiger partial charge in [0.15, 0.2) is 0 Å². The second kappa shape index (κ2) is 9.58. The molecule has 0 aliphatic carbocycles. The van der Waals surface area contributed by atoms with Crippen LogP contribution in [0, 0.1) is 5.92 Å². The summed E-state index contributed by atoms with van der Waals surface area (Å²) in [4.78, 5) is 11.9. The van der Waals surface area contributed by atoms with E-state index < -0.39 is 10.1 Å². The number of hydrogen-bond donors (Lipinski definition) is 0. The normalized spacial score (nSPS) is 12.8. The van der Waals surface area contributed by atoms with Crippen molar-refractivity contribution in [2.45, 2.75) is 44.4 Å². The van der Waals surface area contributed by atoms with Crippen LogP contribution in [0.2, 0.25) is 0 Å². The molecule has 0 radical (unpaired) electrons. The van der Waals surface area contributed by atoms with Crippen LogP contribution in [0.15, 0.2) is 35.2 Å². The number of unbranched alkanes of at least 4 members (excludes halogenated alkanes) is 1. The van der Waals surface area contributed by atoms with E-state index in [0.717, 1.165) is 25.7 Å². The Morgan fingerprint density at radius 1 is 1.14 bits per heavy atom. The number of benzene rings is 1. The molecule has 0 N–H and O–H groups in total. The summed E-state index contributed by atoms with van der Waals surface area (Å²) >= 11 is 0. The van der Waals surface area contributed by atoms with Gasteiger partial charge in [-0.25, -0.2) is 0 Å². The smallest absolute Gasteiger partial charge is 0.308 e. The number of carbonyl (C=O) groups excluding carboxylic acids is 1. The lowest BCUT2D eigenvalue weighted by molar-refractivity contribution is -0.149. The number of esters is 1. The quantitative estimate of drug-likeness (QED) is 0.375. The van der Waals surface area contributed by atoms with Crippen molar-refractivity contribution >= 4 is 16.1 Å². The molecule has 1 atom stereocenters. The van der Waals surface area contributed by atoms with E-state index in [1.165, 1.54) is 12.1 Å². The Labute approximate surface area is 132 Å². The molecule has 1 aromatic rings. The first kappa shape index (κ1) is 18.6. The van der Waals surface area contributed by atoms with Gasteiger partial charge in [0, 0.05) is 0 Å². The Kier molecular flexibility index (Phi) is 8.12. The highest BCUT2D eigenvalue weighted by Gasteiger charge is 2.18. The van der Waals surface area contributed by atoms with Gasteiger partial charge in [0.2, 0.25) is 0 Å². The molecule has 0 aliphatic heterocycles. The molecule has 124 valence electrons. The summed E-state index contributed by atoms with van der Waals surface area (Å²) in [7, 11) is -3.79. The highest BCUT2D eigenvalue weighted by molar-refractivity contribution is 7.86. The maximum absolute atomic E-state index is 11.8. The van der Waals surface area contributed by atoms with Crippen LogP contribution in [0.1, 0.15) is 39.5 Å². The highest BCUT2D eigenvalue weighted by atomic mass is 32.2. The van der Waals surface area contributed by atoms with Crippen molar-refractivity contribution < 1.29 is 22.1 Å². The summed E-state index contributed by atoms with van der Waals surface area (Å²) in [6.45, 7) is 3.78. The van der Waals surface area contributed by atoms with Crippen molar-refractivity contribution in [3.8, 4) is 0 Å². The zero-order valence-corrected chi connectivity index (χ0v) is 14.0. The standard InChI is InChI=1S/C16H24O5S/c1-3-5-9-14(4-2)16(17)20-12-13-21-22(18,19)15-10-7-6-8-11-15/h6-8,10-11,14H,3-5,9,12-13H2,1-2H3. The zero-order valence-electron chi connectivity index (χ0n) is 13.2. The van der Waals surface area contributed by atoms with Crippen molar-refractivity contribution in [3.63, 3.8) is 0 Å². The summed E-state index contributed by atoms with van der Waals surface area (Å²) < 4.78 is 33.6. The van der Waals surface area contributed by atoms with Crippen LogP contribution < -0.4 is 0 Å². The lowest BCUT2D eigenvalue weighted by Crippen LogP contribution is -2.20. The van der Waals surface area contributed by atoms with Gasteiger partial charge in [-0.3, -0.25) is 8.98 Å². The molecule has 0 heterocycles. The number of carbonyl (C=O) groups is 1. The minimum atomic E-state index is -3.79. The van der Waals surface area contributed by atoms with Gasteiger partial charge in [-0.2, -0.15) is 8.42 Å². The van der Waals surface area contributed by atoms with E-state index in [-0.39, 0.29) is 30.0 Å². The first-order valence-electron chi connectivity index (χ1n) is 7.62. The fourth-order valence-electron chi connectivity index (χ4n) is 2.00. The third-order valence-corrected chi connectivity index (χ3v) is 4.66. The molecule has 0 aromatic heterocycles. The van der Waals surface area contributed by atoms with Crippen LogP contribution in [0.25, 0.3) is 0 Å². The molecule has 0 amide bonds. The Hall–Kier alpha value is -1.40. The molecule has 6 heteroatoms. The van der Waals surface area contributed by atoms with Gasteiger partial charge in [0.1, 0.15) is 13.2 Å². The van der Waals surface area contributed by atoms with E-state index in [1.807, 2.05) is 6.92 Å². The van der Waals surface area contributed by atoms with Gasteiger partial charge >= 0.3 is 5.97 Å². The first-order valence-corrected chi connectivity index (χ1v) is 9.03. The van der Waals surface area contributed by atoms with Crippen molar-refractivity contribution in [1.29, 1.82) is 0 Å². The van der Waals surface area contributed by atoms with Gasteiger partial charge in [-0.15, -0.1) is 0 Å². The minimum Gasteiger partial charge on any atom is -0.463 e. The molecule has 1 unspecified atom stereocenters. The predicted octanol–water partition coefficient (Wildman–Crippen LogP) is 3.15. The summed E-state index contributed by atoms with van der Waals surface area (Å²) in [5.41, 5.74) is 0. The lowest BCUT2D eigenvalue weighted by atomic mass is 10.00. The number of rotatable bonds is 10. The topological polar surface area (TPSA) is 69.7 Å². The fourth-order valence-corrected chi connectivity index (χ4v) is 2.91. The third-order valence-electron chi connectivity index (χ3n) is 3.33. The first-order chi connectivity index (χ1) is 10.5. The van der Waals surface area contributed by atoms with Crippen LogP contribution in [-0.2, 0) is 23.8 Å². The minimum absolute atomic E-state index is 0.0620. The van der Waals surface area contributed by atoms with Crippen molar-refractivity contribution in [2.75, 3.05) is 13.2 Å². The molecule has 0 saturated carbocycles. The Balaban J connectivity index is 2.37. The number of ether oxygens (including phenoxy) is 1. The van der Waals surface area contributed by atoms with Gasteiger partial charge in [0.05, 0.1) is 10.8 Å². The zero-order chi connectivity index (χ0) is 16.4. The molecular formula is C16H24O5S. The van der Waals surface area contributed by atoms with Crippen LogP contribution >= 0.6 is 0 Å². The predicted molar refractivity (Wildman–Crippen MR) is 83.8 cm³/mol. The maximum Gasteiger partial charge on any atom is 0.308 e. The van der Waals surface area contributed by atoms with Gasteiger partial charge in [-0.1, -0.05) is 44.9 Å². The lowest BCUT2D eigenvalue weighted by Gasteiger charge is -2.13. The van der Waals surface area contributed by atoms with E-state index >= 15 is 0 Å². The average molecular weight is 328 g/mol. The third kappa shape index (κ3) is 6.15. The largest absolute Gasteiger partial charge is 0.463 e. The second-order valence-electron chi connectivity index (χ2n) is 5.00. The van der Waals surface area contributed by atoms with Gasteiger partial charge in [0.25, 0.3) is 10.1 Å². The number of hydrogen-bond acceptors (Lipinski definition) is 5. The molecular weight excluding hydrogens is 304 g/mol. The van der Waals surface area contributed by atoms with E-state index in [9.17, 15) is 13.2 Å². The molecule has 1 aromatic carbocycles. The molecule has 0 aliphatic rings.